The third kappa shape index (κ3) is 4.49. The minimum absolute atomic E-state index is 0.0668. The molecule has 0 aliphatic heterocycles. The molecule has 1 heterocycles. The molecular weight excluding hydrogens is 354 g/mol. The van der Waals surface area contributed by atoms with E-state index in [1.54, 1.807) is 24.3 Å². The predicted octanol–water partition coefficient (Wildman–Crippen LogP) is 3.95. The number of hydrogen-bond acceptors (Lipinski definition) is 5. The zero-order valence-corrected chi connectivity index (χ0v) is 14.2. The van der Waals surface area contributed by atoms with Gasteiger partial charge < -0.3 is 10.6 Å². The van der Waals surface area contributed by atoms with E-state index in [0.29, 0.717) is 16.9 Å². The number of benzene rings is 2. The van der Waals surface area contributed by atoms with Gasteiger partial charge in [-0.3, -0.25) is 9.59 Å². The molecule has 0 saturated carbocycles. The molecule has 2 N–H and O–H groups in total. The quantitative estimate of drug-likeness (QED) is 0.666. The summed E-state index contributed by atoms with van der Waals surface area (Å²) in [4.78, 5) is 31.5. The van der Waals surface area contributed by atoms with Gasteiger partial charge >= 0.3 is 0 Å². The Kier molecular flexibility index (Phi) is 5.16. The van der Waals surface area contributed by atoms with E-state index in [2.05, 4.69) is 20.6 Å². The van der Waals surface area contributed by atoms with Crippen molar-refractivity contribution in [2.45, 2.75) is 6.92 Å². The van der Waals surface area contributed by atoms with Crippen molar-refractivity contribution in [3.05, 3.63) is 77.8 Å². The number of nitrogens with zero attached hydrogens (tertiary/aromatic N) is 2. The average Bonchev–Trinajstić information content (AvgIpc) is 2.66. The van der Waals surface area contributed by atoms with Crippen LogP contribution in [0.2, 0.25) is 0 Å². The van der Waals surface area contributed by atoms with Gasteiger partial charge in [-0.25, -0.2) is 18.7 Å². The van der Waals surface area contributed by atoms with Gasteiger partial charge in [-0.1, -0.05) is 0 Å². The molecule has 2 aromatic carbocycles. The van der Waals surface area contributed by atoms with Crippen LogP contribution in [0.1, 0.15) is 27.8 Å². The molecule has 1 aromatic heterocycles. The Balaban J connectivity index is 1.66. The predicted molar refractivity (Wildman–Crippen MR) is 96.1 cm³/mol. The highest BCUT2D eigenvalue weighted by molar-refractivity contribution is 6.03. The van der Waals surface area contributed by atoms with E-state index in [9.17, 15) is 18.4 Å². The molecule has 136 valence electrons. The number of anilines is 3. The van der Waals surface area contributed by atoms with Gasteiger partial charge in [0.15, 0.2) is 17.4 Å². The van der Waals surface area contributed by atoms with Crippen LogP contribution in [-0.4, -0.2) is 21.7 Å². The van der Waals surface area contributed by atoms with Gasteiger partial charge in [-0.15, -0.1) is 0 Å². The standard InChI is InChI=1S/C19H14F2N4O2/c1-11(26)12-2-4-13(5-3-12)25-19(27)17-9-23-18(10-22-17)24-14-6-7-15(20)16(21)8-14/h2-10H,1H3,(H,23,24)(H,25,27). The lowest BCUT2D eigenvalue weighted by molar-refractivity contribution is 0.101. The van der Waals surface area contributed by atoms with E-state index in [1.807, 2.05) is 0 Å². The summed E-state index contributed by atoms with van der Waals surface area (Å²) in [5, 5.41) is 5.40. The van der Waals surface area contributed by atoms with Crippen molar-refractivity contribution >= 4 is 28.9 Å². The fourth-order valence-corrected chi connectivity index (χ4v) is 2.22. The Morgan fingerprint density at radius 3 is 2.19 bits per heavy atom. The normalized spacial score (nSPS) is 10.3. The molecule has 0 aliphatic rings. The van der Waals surface area contributed by atoms with Crippen LogP contribution in [0.4, 0.5) is 26.0 Å². The maximum absolute atomic E-state index is 13.2. The molecule has 6 nitrogen and oxygen atoms in total. The van der Waals surface area contributed by atoms with E-state index in [0.717, 1.165) is 12.1 Å². The zero-order chi connectivity index (χ0) is 19.4. The molecule has 8 heteroatoms. The molecule has 0 aliphatic carbocycles. The van der Waals surface area contributed by atoms with Gasteiger partial charge in [0.05, 0.1) is 12.4 Å². The van der Waals surface area contributed by atoms with Gasteiger partial charge in [-0.2, -0.15) is 0 Å². The van der Waals surface area contributed by atoms with Crippen LogP contribution in [0, 0.1) is 11.6 Å². The SMILES string of the molecule is CC(=O)c1ccc(NC(=O)c2cnc(Nc3ccc(F)c(F)c3)cn2)cc1. The van der Waals surface area contributed by atoms with Crippen LogP contribution >= 0.6 is 0 Å². The summed E-state index contributed by atoms with van der Waals surface area (Å²) < 4.78 is 26.1. The molecule has 0 radical (unpaired) electrons. The fraction of sp³-hybridized carbons (Fsp3) is 0.0526. The first kappa shape index (κ1) is 18.1. The minimum Gasteiger partial charge on any atom is -0.339 e. The number of carbonyl (C=O) groups is 2. The van der Waals surface area contributed by atoms with Crippen molar-refractivity contribution in [3.8, 4) is 0 Å². The third-order valence-corrected chi connectivity index (χ3v) is 3.63. The highest BCUT2D eigenvalue weighted by Crippen LogP contribution is 2.17. The smallest absolute Gasteiger partial charge is 0.275 e. The van der Waals surface area contributed by atoms with Crippen molar-refractivity contribution in [2.75, 3.05) is 10.6 Å². The van der Waals surface area contributed by atoms with Gasteiger partial charge in [0.2, 0.25) is 0 Å². The summed E-state index contributed by atoms with van der Waals surface area (Å²) in [6.07, 6.45) is 2.55. The molecular formula is C19H14F2N4O2. The van der Waals surface area contributed by atoms with Crippen molar-refractivity contribution in [3.63, 3.8) is 0 Å². The summed E-state index contributed by atoms with van der Waals surface area (Å²) in [5.41, 5.74) is 1.42. The number of halogens is 2. The topological polar surface area (TPSA) is 84.0 Å². The van der Waals surface area contributed by atoms with Gasteiger partial charge in [0, 0.05) is 23.0 Å². The first-order valence-electron chi connectivity index (χ1n) is 7.89. The number of ketones is 1. The van der Waals surface area contributed by atoms with Crippen molar-refractivity contribution < 1.29 is 18.4 Å². The van der Waals surface area contributed by atoms with Gasteiger partial charge in [0.25, 0.3) is 5.91 Å². The average molecular weight is 368 g/mol. The molecule has 1 amide bonds. The monoisotopic (exact) mass is 368 g/mol. The second-order valence-corrected chi connectivity index (χ2v) is 5.63. The van der Waals surface area contributed by atoms with E-state index >= 15 is 0 Å². The van der Waals surface area contributed by atoms with Crippen LogP contribution in [0.25, 0.3) is 0 Å². The molecule has 0 unspecified atom stereocenters. The van der Waals surface area contributed by atoms with Gasteiger partial charge in [0.1, 0.15) is 11.5 Å². The van der Waals surface area contributed by atoms with Crippen molar-refractivity contribution in [1.29, 1.82) is 0 Å². The summed E-state index contributed by atoms with van der Waals surface area (Å²) in [6, 6.07) is 9.77. The van der Waals surface area contributed by atoms with Crippen LogP contribution in [-0.2, 0) is 0 Å². The molecule has 0 bridgehead atoms. The maximum Gasteiger partial charge on any atom is 0.275 e. The lowest BCUT2D eigenvalue weighted by Crippen LogP contribution is -2.14. The lowest BCUT2D eigenvalue weighted by atomic mass is 10.1. The number of rotatable bonds is 5. The highest BCUT2D eigenvalue weighted by atomic mass is 19.2. The number of hydrogen-bond donors (Lipinski definition) is 2. The van der Waals surface area contributed by atoms with E-state index in [1.165, 1.54) is 25.4 Å². The lowest BCUT2D eigenvalue weighted by Gasteiger charge is -2.07. The van der Waals surface area contributed by atoms with E-state index < -0.39 is 17.5 Å². The first-order valence-corrected chi connectivity index (χ1v) is 7.89. The summed E-state index contributed by atoms with van der Waals surface area (Å²) >= 11 is 0. The maximum atomic E-state index is 13.2. The summed E-state index contributed by atoms with van der Waals surface area (Å²) in [6.45, 7) is 1.46. The second-order valence-electron chi connectivity index (χ2n) is 5.63. The fourth-order valence-electron chi connectivity index (χ4n) is 2.22. The number of nitrogens with one attached hydrogen (secondary N) is 2. The third-order valence-electron chi connectivity index (χ3n) is 3.63. The Morgan fingerprint density at radius 2 is 1.59 bits per heavy atom. The first-order chi connectivity index (χ1) is 12.9. The Hall–Kier alpha value is -3.68. The van der Waals surface area contributed by atoms with Crippen molar-refractivity contribution in [2.24, 2.45) is 0 Å². The molecule has 0 saturated heterocycles. The van der Waals surface area contributed by atoms with E-state index in [4.69, 9.17) is 0 Å². The number of carbonyl (C=O) groups excluding carboxylic acids is 2. The molecule has 3 rings (SSSR count). The minimum atomic E-state index is -0.986. The second kappa shape index (κ2) is 7.69. The van der Waals surface area contributed by atoms with Crippen molar-refractivity contribution in [1.82, 2.24) is 9.97 Å². The number of aromatic nitrogens is 2. The highest BCUT2D eigenvalue weighted by Gasteiger charge is 2.10. The summed E-state index contributed by atoms with van der Waals surface area (Å²) in [5.74, 6) is -2.21. The van der Waals surface area contributed by atoms with Crippen LogP contribution in [0.3, 0.4) is 0 Å². The number of amides is 1. The molecule has 0 fully saturated rings. The molecule has 0 atom stereocenters. The Morgan fingerprint density at radius 1 is 0.889 bits per heavy atom. The number of Topliss-reactive ketones (excluding diaryl/α,β-unsaturated/α-hetero) is 1. The van der Waals surface area contributed by atoms with Crippen LogP contribution < -0.4 is 10.6 Å². The molecule has 3 aromatic rings. The largest absolute Gasteiger partial charge is 0.339 e. The van der Waals surface area contributed by atoms with Gasteiger partial charge in [-0.05, 0) is 43.3 Å². The van der Waals surface area contributed by atoms with Crippen LogP contribution in [0.5, 0.6) is 0 Å². The zero-order valence-electron chi connectivity index (χ0n) is 14.2. The molecule has 0 spiro atoms. The molecule has 27 heavy (non-hydrogen) atoms. The van der Waals surface area contributed by atoms with E-state index in [-0.39, 0.29) is 17.3 Å². The Labute approximate surface area is 153 Å². The summed E-state index contributed by atoms with van der Waals surface area (Å²) in [7, 11) is 0. The Bertz CT molecular complexity index is 990. The van der Waals surface area contributed by atoms with Crippen LogP contribution in [0.15, 0.2) is 54.9 Å².